The van der Waals surface area contributed by atoms with Crippen molar-refractivity contribution in [1.82, 2.24) is 5.32 Å². The number of phosphoric acid groups is 1. The minimum absolute atomic E-state index is 0.0745. The van der Waals surface area contributed by atoms with Gasteiger partial charge in [-0.25, -0.2) is 4.57 Å². The van der Waals surface area contributed by atoms with Crippen molar-refractivity contribution in [3.8, 4) is 0 Å². The van der Waals surface area contributed by atoms with E-state index >= 15 is 0 Å². The van der Waals surface area contributed by atoms with Crippen LogP contribution >= 0.6 is 7.82 Å². The van der Waals surface area contributed by atoms with Crippen LogP contribution in [-0.2, 0) is 18.4 Å². The van der Waals surface area contributed by atoms with Gasteiger partial charge >= 0.3 is 7.82 Å². The van der Waals surface area contributed by atoms with Gasteiger partial charge in [0.05, 0.1) is 39.9 Å². The van der Waals surface area contributed by atoms with E-state index in [4.69, 9.17) is 9.05 Å². The zero-order valence-corrected chi connectivity index (χ0v) is 32.4. The van der Waals surface area contributed by atoms with E-state index in [9.17, 15) is 19.4 Å². The maximum Gasteiger partial charge on any atom is 0.472 e. The van der Waals surface area contributed by atoms with Crippen LogP contribution in [0.4, 0.5) is 0 Å². The van der Waals surface area contributed by atoms with Gasteiger partial charge in [0, 0.05) is 6.42 Å². The molecule has 0 aliphatic carbocycles. The number of hydrogen-bond donors (Lipinski definition) is 3. The quantitative estimate of drug-likeness (QED) is 0.0265. The van der Waals surface area contributed by atoms with Crippen molar-refractivity contribution in [3.05, 3.63) is 12.2 Å². The molecule has 3 atom stereocenters. The average Bonchev–Trinajstić information content (AvgIpc) is 3.01. The first-order chi connectivity index (χ1) is 22.5. The van der Waals surface area contributed by atoms with Gasteiger partial charge in [-0.15, -0.1) is 0 Å². The van der Waals surface area contributed by atoms with Crippen molar-refractivity contribution in [1.29, 1.82) is 0 Å². The second kappa shape index (κ2) is 31.2. The third-order valence-electron chi connectivity index (χ3n) is 8.76. The smallest absolute Gasteiger partial charge is 0.391 e. The first-order valence-corrected chi connectivity index (χ1v) is 21.0. The molecule has 0 aromatic carbocycles. The Morgan fingerprint density at radius 1 is 0.702 bits per heavy atom. The molecular formula is C38H78N2O6P+. The molecule has 0 spiro atoms. The molecule has 0 fully saturated rings. The molecule has 1 amide bonds. The summed E-state index contributed by atoms with van der Waals surface area (Å²) >= 11 is 0. The molecule has 0 saturated carbocycles. The number of carbonyl (C=O) groups is 1. The summed E-state index contributed by atoms with van der Waals surface area (Å²) in [4.78, 5) is 23.0. The molecule has 0 heterocycles. The van der Waals surface area contributed by atoms with Crippen LogP contribution in [0.3, 0.4) is 0 Å². The molecule has 8 nitrogen and oxygen atoms in total. The molecule has 0 aliphatic rings. The summed E-state index contributed by atoms with van der Waals surface area (Å²) < 4.78 is 23.5. The Bertz CT molecular complexity index is 789. The van der Waals surface area contributed by atoms with E-state index < -0.39 is 20.0 Å². The van der Waals surface area contributed by atoms with Gasteiger partial charge < -0.3 is 19.8 Å². The molecule has 0 aromatic rings. The van der Waals surface area contributed by atoms with Gasteiger partial charge in [0.2, 0.25) is 5.91 Å². The minimum atomic E-state index is -4.30. The average molecular weight is 690 g/mol. The standard InChI is InChI=1S/C38H77N2O6P/c1-6-8-10-12-14-16-18-19-20-22-23-25-27-29-31-37(41)36(35-46-47(43,44)45-34-33-40(3,4)5)39-38(42)32-30-28-26-24-21-17-15-13-11-9-7-2/h13,15,36-37,41H,6-12,14,16-35H2,1-5H3,(H-,39,42,43,44)/p+1/b15-13-. The number of aliphatic hydroxyl groups excluding tert-OH is 1. The lowest BCUT2D eigenvalue weighted by Gasteiger charge is -2.26. The molecule has 0 aromatic heterocycles. The largest absolute Gasteiger partial charge is 0.472 e. The van der Waals surface area contributed by atoms with E-state index in [0.717, 1.165) is 51.4 Å². The lowest BCUT2D eigenvalue weighted by molar-refractivity contribution is -0.870. The van der Waals surface area contributed by atoms with E-state index in [1.807, 2.05) is 21.1 Å². The van der Waals surface area contributed by atoms with Crippen molar-refractivity contribution in [2.75, 3.05) is 40.9 Å². The van der Waals surface area contributed by atoms with Crippen LogP contribution in [0.1, 0.15) is 174 Å². The van der Waals surface area contributed by atoms with Crippen LogP contribution in [0.25, 0.3) is 0 Å². The summed E-state index contributed by atoms with van der Waals surface area (Å²) in [6.07, 6.45) is 32.3. The highest BCUT2D eigenvalue weighted by atomic mass is 31.2. The molecular weight excluding hydrogens is 611 g/mol. The topological polar surface area (TPSA) is 105 Å². The molecule has 47 heavy (non-hydrogen) atoms. The van der Waals surface area contributed by atoms with Crippen molar-refractivity contribution >= 4 is 13.7 Å². The maximum absolute atomic E-state index is 12.8. The lowest BCUT2D eigenvalue weighted by atomic mass is 10.0. The number of aliphatic hydroxyl groups is 1. The molecule has 0 saturated heterocycles. The number of amides is 1. The van der Waals surface area contributed by atoms with Gasteiger partial charge in [0.25, 0.3) is 0 Å². The Morgan fingerprint density at radius 3 is 1.70 bits per heavy atom. The number of allylic oxidation sites excluding steroid dienone is 2. The molecule has 280 valence electrons. The fourth-order valence-electron chi connectivity index (χ4n) is 5.55. The van der Waals surface area contributed by atoms with E-state index in [2.05, 4.69) is 31.3 Å². The maximum atomic E-state index is 12.8. The van der Waals surface area contributed by atoms with Gasteiger partial charge in [-0.3, -0.25) is 13.8 Å². The van der Waals surface area contributed by atoms with E-state index in [1.165, 1.54) is 96.3 Å². The van der Waals surface area contributed by atoms with Crippen molar-refractivity contribution in [2.45, 2.75) is 187 Å². The Labute approximate surface area is 291 Å². The highest BCUT2D eigenvalue weighted by Crippen LogP contribution is 2.43. The normalized spacial score (nSPS) is 14.8. The number of hydrogen-bond acceptors (Lipinski definition) is 5. The molecule has 0 aliphatic heterocycles. The second-order valence-electron chi connectivity index (χ2n) is 14.7. The highest BCUT2D eigenvalue weighted by Gasteiger charge is 2.28. The molecule has 9 heteroatoms. The van der Waals surface area contributed by atoms with E-state index in [0.29, 0.717) is 23.9 Å². The van der Waals surface area contributed by atoms with Crippen molar-refractivity contribution < 1.29 is 32.9 Å². The number of rotatable bonds is 35. The van der Waals surface area contributed by atoms with E-state index in [1.54, 1.807) is 0 Å². The van der Waals surface area contributed by atoms with Crippen LogP contribution in [0, 0.1) is 0 Å². The summed E-state index contributed by atoms with van der Waals surface area (Å²) in [5.41, 5.74) is 0. The number of phosphoric ester groups is 1. The number of nitrogens with one attached hydrogen (secondary N) is 1. The van der Waals surface area contributed by atoms with Crippen LogP contribution in [0.5, 0.6) is 0 Å². The molecule has 0 bridgehead atoms. The SMILES string of the molecule is CCCC/C=C\CCCCCCCC(=O)NC(COP(=O)(O)OCC[N+](C)(C)C)C(O)CCCCCCCCCCCCCCCC. The first kappa shape index (κ1) is 46.2. The monoisotopic (exact) mass is 690 g/mol. The van der Waals surface area contributed by atoms with E-state index in [-0.39, 0.29) is 19.1 Å². The molecule has 3 unspecified atom stereocenters. The summed E-state index contributed by atoms with van der Waals surface area (Å²) in [5, 5.41) is 13.9. The Morgan fingerprint density at radius 2 is 1.17 bits per heavy atom. The first-order valence-electron chi connectivity index (χ1n) is 19.6. The van der Waals surface area contributed by atoms with Gasteiger partial charge in [-0.1, -0.05) is 148 Å². The highest BCUT2D eigenvalue weighted by molar-refractivity contribution is 7.47. The Balaban J connectivity index is 4.46. The summed E-state index contributed by atoms with van der Waals surface area (Å²) in [6, 6.07) is -0.758. The summed E-state index contributed by atoms with van der Waals surface area (Å²) in [7, 11) is 1.61. The molecule has 3 N–H and O–H groups in total. The van der Waals surface area contributed by atoms with Crippen LogP contribution in [-0.4, -0.2) is 73.4 Å². The summed E-state index contributed by atoms with van der Waals surface area (Å²) in [5.74, 6) is -0.156. The predicted octanol–water partition coefficient (Wildman–Crippen LogP) is 10.0. The second-order valence-corrected chi connectivity index (χ2v) is 16.1. The van der Waals surface area contributed by atoms with Gasteiger partial charge in [-0.05, 0) is 32.1 Å². The van der Waals surface area contributed by atoms with Gasteiger partial charge in [0.1, 0.15) is 13.2 Å². The fraction of sp³-hybridized carbons (Fsp3) is 0.921. The van der Waals surface area contributed by atoms with Crippen LogP contribution < -0.4 is 5.32 Å². The number of nitrogens with zero attached hydrogens (tertiary/aromatic N) is 1. The van der Waals surface area contributed by atoms with Crippen LogP contribution in [0.15, 0.2) is 12.2 Å². The number of carbonyl (C=O) groups excluding carboxylic acids is 1. The lowest BCUT2D eigenvalue weighted by Crippen LogP contribution is -2.46. The predicted molar refractivity (Wildman–Crippen MR) is 198 cm³/mol. The number of unbranched alkanes of at least 4 members (excludes halogenated alkanes) is 20. The third-order valence-corrected chi connectivity index (χ3v) is 9.75. The molecule has 0 rings (SSSR count). The zero-order chi connectivity index (χ0) is 35.1. The van der Waals surface area contributed by atoms with Gasteiger partial charge in [0.15, 0.2) is 0 Å². The van der Waals surface area contributed by atoms with Crippen molar-refractivity contribution in [3.63, 3.8) is 0 Å². The fourth-order valence-corrected chi connectivity index (χ4v) is 6.29. The zero-order valence-electron chi connectivity index (χ0n) is 31.5. The summed E-state index contributed by atoms with van der Waals surface area (Å²) in [6.45, 7) is 4.83. The van der Waals surface area contributed by atoms with Gasteiger partial charge in [-0.2, -0.15) is 0 Å². The third kappa shape index (κ3) is 33.5. The Kier molecular flexibility index (Phi) is 30.7. The minimum Gasteiger partial charge on any atom is -0.391 e. The number of quaternary nitrogens is 1. The van der Waals surface area contributed by atoms with Crippen molar-refractivity contribution in [2.24, 2.45) is 0 Å². The Hall–Kier alpha value is -0.760. The molecule has 0 radical (unpaired) electrons. The number of likely N-dealkylation sites (N-methyl/N-ethyl adjacent to an activating group) is 1. The van der Waals surface area contributed by atoms with Crippen LogP contribution in [0.2, 0.25) is 0 Å².